The van der Waals surface area contributed by atoms with Crippen LogP contribution in [0.5, 0.6) is 0 Å². The number of nitrogens with one attached hydrogen (secondary N) is 1. The van der Waals surface area contributed by atoms with E-state index in [0.29, 0.717) is 6.54 Å². The third kappa shape index (κ3) is 3.15. The number of aromatic nitrogens is 2. The highest BCUT2D eigenvalue weighted by Crippen LogP contribution is 2.23. The van der Waals surface area contributed by atoms with E-state index in [1.54, 1.807) is 6.20 Å². The molecule has 4 rings (SSSR count). The average Bonchev–Trinajstić information content (AvgIpc) is 3.13. The highest BCUT2D eigenvalue weighted by Gasteiger charge is 2.26. The molecule has 0 fully saturated rings. The number of carbonyl (C=O) groups excluding carboxylic acids is 1. The van der Waals surface area contributed by atoms with E-state index in [2.05, 4.69) is 40.7 Å². The van der Waals surface area contributed by atoms with Crippen molar-refractivity contribution in [1.82, 2.24) is 15.1 Å². The van der Waals surface area contributed by atoms with Crippen molar-refractivity contribution in [3.8, 4) is 0 Å². The number of benzene rings is 2. The number of hydrogen-bond donors (Lipinski definition) is 2. The van der Waals surface area contributed by atoms with Crippen LogP contribution in [0.15, 0.2) is 54.7 Å². The summed E-state index contributed by atoms with van der Waals surface area (Å²) < 4.78 is 1.98. The first-order valence-electron chi connectivity index (χ1n) is 8.74. The molecule has 5 heteroatoms. The number of nitrogens with zero attached hydrogens (tertiary/aromatic N) is 2. The molecule has 1 aliphatic rings. The van der Waals surface area contributed by atoms with Gasteiger partial charge in [0.2, 0.25) is 5.91 Å². The van der Waals surface area contributed by atoms with Crippen molar-refractivity contribution in [2.75, 3.05) is 6.54 Å². The zero-order valence-corrected chi connectivity index (χ0v) is 14.1. The standard InChI is InChI=1S/C20H22N4O/c21-13-19(16-6-5-14-3-1-2-4-15(14)11-16)23-20(25)17-8-10-24-18(12-17)7-9-22-24/h1-7,9,11,17,19H,8,10,12-13,21H2,(H,23,25). The van der Waals surface area contributed by atoms with Gasteiger partial charge in [-0.3, -0.25) is 9.48 Å². The van der Waals surface area contributed by atoms with Crippen molar-refractivity contribution in [3.05, 3.63) is 66.0 Å². The molecule has 2 unspecified atom stereocenters. The normalized spacial score (nSPS) is 17.9. The van der Waals surface area contributed by atoms with Crippen LogP contribution in [0.3, 0.4) is 0 Å². The smallest absolute Gasteiger partial charge is 0.224 e. The third-order valence-corrected chi connectivity index (χ3v) is 5.05. The minimum Gasteiger partial charge on any atom is -0.348 e. The van der Waals surface area contributed by atoms with E-state index in [1.807, 2.05) is 22.9 Å². The Morgan fingerprint density at radius 3 is 2.92 bits per heavy atom. The number of amides is 1. The van der Waals surface area contributed by atoms with Gasteiger partial charge in [0, 0.05) is 37.3 Å². The Hall–Kier alpha value is -2.66. The number of nitrogens with two attached hydrogens (primary N) is 1. The van der Waals surface area contributed by atoms with Gasteiger partial charge >= 0.3 is 0 Å². The van der Waals surface area contributed by atoms with E-state index in [4.69, 9.17) is 5.73 Å². The van der Waals surface area contributed by atoms with E-state index in [9.17, 15) is 4.79 Å². The first-order valence-corrected chi connectivity index (χ1v) is 8.74. The van der Waals surface area contributed by atoms with E-state index in [-0.39, 0.29) is 17.9 Å². The maximum absolute atomic E-state index is 12.7. The van der Waals surface area contributed by atoms with Gasteiger partial charge in [0.1, 0.15) is 0 Å². The summed E-state index contributed by atoms with van der Waals surface area (Å²) in [4.78, 5) is 12.7. The number of aryl methyl sites for hydroxylation is 1. The molecule has 0 radical (unpaired) electrons. The Morgan fingerprint density at radius 1 is 1.24 bits per heavy atom. The lowest BCUT2D eigenvalue weighted by atomic mass is 9.94. The van der Waals surface area contributed by atoms with E-state index >= 15 is 0 Å². The molecule has 0 bridgehead atoms. The highest BCUT2D eigenvalue weighted by molar-refractivity contribution is 5.84. The average molecular weight is 334 g/mol. The molecule has 0 aliphatic carbocycles. The topological polar surface area (TPSA) is 72.9 Å². The first-order chi connectivity index (χ1) is 12.2. The van der Waals surface area contributed by atoms with Gasteiger partial charge in [0.15, 0.2) is 0 Å². The molecule has 0 saturated heterocycles. The number of rotatable bonds is 4. The lowest BCUT2D eigenvalue weighted by Gasteiger charge is -2.25. The molecule has 5 nitrogen and oxygen atoms in total. The van der Waals surface area contributed by atoms with Crippen LogP contribution in [0.2, 0.25) is 0 Å². The largest absolute Gasteiger partial charge is 0.348 e. The summed E-state index contributed by atoms with van der Waals surface area (Å²) in [5, 5.41) is 9.77. The summed E-state index contributed by atoms with van der Waals surface area (Å²) in [6.07, 6.45) is 3.35. The van der Waals surface area contributed by atoms with Gasteiger partial charge in [-0.2, -0.15) is 5.10 Å². The lowest BCUT2D eigenvalue weighted by molar-refractivity contribution is -0.126. The fourth-order valence-electron chi connectivity index (χ4n) is 3.58. The maximum Gasteiger partial charge on any atom is 0.224 e. The second-order valence-corrected chi connectivity index (χ2v) is 6.64. The molecule has 1 amide bonds. The van der Waals surface area contributed by atoms with Crippen LogP contribution >= 0.6 is 0 Å². The second kappa shape index (κ2) is 6.69. The van der Waals surface area contributed by atoms with Crippen LogP contribution in [-0.2, 0) is 17.8 Å². The van der Waals surface area contributed by atoms with Crippen molar-refractivity contribution in [2.45, 2.75) is 25.4 Å². The van der Waals surface area contributed by atoms with Crippen molar-refractivity contribution in [1.29, 1.82) is 0 Å². The summed E-state index contributed by atoms with van der Waals surface area (Å²) >= 11 is 0. The van der Waals surface area contributed by atoms with Gasteiger partial charge in [0.05, 0.1) is 6.04 Å². The van der Waals surface area contributed by atoms with Crippen LogP contribution in [0.4, 0.5) is 0 Å². The summed E-state index contributed by atoms with van der Waals surface area (Å²) in [5.41, 5.74) is 8.14. The molecule has 3 aromatic rings. The Kier molecular flexibility index (Phi) is 4.24. The third-order valence-electron chi connectivity index (χ3n) is 5.05. The minimum atomic E-state index is -0.163. The van der Waals surface area contributed by atoms with Crippen molar-refractivity contribution < 1.29 is 4.79 Å². The number of hydrogen-bond acceptors (Lipinski definition) is 3. The molecule has 25 heavy (non-hydrogen) atoms. The monoisotopic (exact) mass is 334 g/mol. The summed E-state index contributed by atoms with van der Waals surface area (Å²) in [6.45, 7) is 1.18. The van der Waals surface area contributed by atoms with Gasteiger partial charge in [-0.1, -0.05) is 36.4 Å². The SMILES string of the molecule is NCC(NC(=O)C1CCn2nccc2C1)c1ccc2ccccc2c1. The first kappa shape index (κ1) is 15.8. The maximum atomic E-state index is 12.7. The predicted octanol–water partition coefficient (Wildman–Crippen LogP) is 2.41. The molecule has 1 aliphatic heterocycles. The number of carbonyl (C=O) groups is 1. The Morgan fingerprint density at radius 2 is 2.08 bits per heavy atom. The van der Waals surface area contributed by atoms with Crippen LogP contribution in [0.1, 0.15) is 23.7 Å². The molecule has 1 aromatic heterocycles. The van der Waals surface area contributed by atoms with Crippen LogP contribution in [0, 0.1) is 5.92 Å². The molecule has 2 aromatic carbocycles. The van der Waals surface area contributed by atoms with Crippen molar-refractivity contribution in [2.24, 2.45) is 11.7 Å². The molecule has 0 saturated carbocycles. The summed E-state index contributed by atoms with van der Waals surface area (Å²) in [5.74, 6) is 0.0646. The quantitative estimate of drug-likeness (QED) is 0.769. The minimum absolute atomic E-state index is 0.0151. The molecule has 0 spiro atoms. The van der Waals surface area contributed by atoms with Crippen molar-refractivity contribution in [3.63, 3.8) is 0 Å². The Balaban J connectivity index is 1.50. The molecular formula is C20H22N4O. The lowest BCUT2D eigenvalue weighted by Crippen LogP contribution is -2.40. The van der Waals surface area contributed by atoms with Gasteiger partial charge in [-0.15, -0.1) is 0 Å². The molecule has 128 valence electrons. The molecule has 3 N–H and O–H groups in total. The predicted molar refractivity (Wildman–Crippen MR) is 97.9 cm³/mol. The Labute approximate surface area is 146 Å². The van der Waals surface area contributed by atoms with E-state index in [0.717, 1.165) is 36.0 Å². The fourth-order valence-corrected chi connectivity index (χ4v) is 3.58. The zero-order valence-electron chi connectivity index (χ0n) is 14.1. The van der Waals surface area contributed by atoms with Gasteiger partial charge in [-0.05, 0) is 34.9 Å². The summed E-state index contributed by atoms with van der Waals surface area (Å²) in [7, 11) is 0. The second-order valence-electron chi connectivity index (χ2n) is 6.64. The van der Waals surface area contributed by atoms with Crippen LogP contribution in [-0.4, -0.2) is 22.2 Å². The van der Waals surface area contributed by atoms with Crippen LogP contribution < -0.4 is 11.1 Å². The zero-order chi connectivity index (χ0) is 17.2. The van der Waals surface area contributed by atoms with Gasteiger partial charge in [-0.25, -0.2) is 0 Å². The van der Waals surface area contributed by atoms with Crippen LogP contribution in [0.25, 0.3) is 10.8 Å². The van der Waals surface area contributed by atoms with E-state index in [1.165, 1.54) is 5.39 Å². The van der Waals surface area contributed by atoms with E-state index < -0.39 is 0 Å². The van der Waals surface area contributed by atoms with Gasteiger partial charge in [0.25, 0.3) is 0 Å². The molecule has 2 heterocycles. The Bertz CT molecular complexity index is 901. The van der Waals surface area contributed by atoms with Gasteiger partial charge < -0.3 is 11.1 Å². The summed E-state index contributed by atoms with van der Waals surface area (Å²) in [6, 6.07) is 16.3. The molecule has 2 atom stereocenters. The number of fused-ring (bicyclic) bond motifs is 2. The molecular weight excluding hydrogens is 312 g/mol. The highest BCUT2D eigenvalue weighted by atomic mass is 16.1. The fraction of sp³-hybridized carbons (Fsp3) is 0.300. The van der Waals surface area contributed by atoms with Crippen molar-refractivity contribution >= 4 is 16.7 Å².